The topological polar surface area (TPSA) is 38.0 Å². The largest absolute Gasteiger partial charge is 0.397 e. The molecule has 0 radical (unpaired) electrons. The first kappa shape index (κ1) is 14.7. The minimum Gasteiger partial charge on any atom is -0.397 e. The minimum absolute atomic E-state index is 0.0866. The lowest BCUT2D eigenvalue weighted by molar-refractivity contribution is 0.511. The van der Waals surface area contributed by atoms with Gasteiger partial charge >= 0.3 is 0 Å². The lowest BCUT2D eigenvalue weighted by atomic mass is 10.1. The van der Waals surface area contributed by atoms with E-state index in [1.165, 1.54) is 31.7 Å². The predicted molar refractivity (Wildman–Crippen MR) is 72.6 cm³/mol. The second-order valence-corrected chi connectivity index (χ2v) is 4.52. The van der Waals surface area contributed by atoms with Gasteiger partial charge in [0.1, 0.15) is 0 Å². The highest BCUT2D eigenvalue weighted by Gasteiger charge is 2.10. The molecule has 0 saturated carbocycles. The number of nitrogen functional groups attached to an aromatic ring is 1. The first-order valence-corrected chi connectivity index (χ1v) is 6.64. The number of hydrogen-bond donors (Lipinski definition) is 2. The molecule has 1 aromatic carbocycles. The average Bonchev–Trinajstić information content (AvgIpc) is 2.36. The molecule has 102 valence electrons. The molecule has 0 aliphatic carbocycles. The molecule has 1 aromatic rings. The molecular weight excluding hydrogens is 234 g/mol. The number of nitrogens with two attached hydrogens (primary N) is 1. The first-order valence-electron chi connectivity index (χ1n) is 6.64. The molecule has 0 amide bonds. The normalized spacial score (nSPS) is 10.6. The summed E-state index contributed by atoms with van der Waals surface area (Å²) < 4.78 is 26.4. The number of unbranched alkanes of at least 4 members (excludes halogenated alkanes) is 5. The highest BCUT2D eigenvalue weighted by Crippen LogP contribution is 2.24. The predicted octanol–water partition coefficient (Wildman–Crippen LogP) is 4.32. The molecule has 0 heterocycles. The third-order valence-corrected chi connectivity index (χ3v) is 2.96. The molecule has 0 aliphatic heterocycles. The molecule has 0 unspecified atom stereocenters. The molecule has 0 spiro atoms. The molecule has 0 aromatic heterocycles. The zero-order chi connectivity index (χ0) is 13.4. The molecule has 0 bridgehead atoms. The van der Waals surface area contributed by atoms with Crippen LogP contribution < -0.4 is 11.1 Å². The van der Waals surface area contributed by atoms with Crippen LogP contribution in [0.3, 0.4) is 0 Å². The van der Waals surface area contributed by atoms with Crippen molar-refractivity contribution in [1.29, 1.82) is 0 Å². The standard InChI is InChI=1S/C14H22F2N2/c1-2-3-4-5-6-7-10-18-14-12(17)9-8-11(15)13(14)16/h8-9,18H,2-7,10,17H2,1H3. The zero-order valence-electron chi connectivity index (χ0n) is 10.9. The molecule has 2 nitrogen and oxygen atoms in total. The Balaban J connectivity index is 2.29. The van der Waals surface area contributed by atoms with E-state index in [0.717, 1.165) is 18.9 Å². The van der Waals surface area contributed by atoms with E-state index in [4.69, 9.17) is 5.73 Å². The summed E-state index contributed by atoms with van der Waals surface area (Å²) in [5.74, 6) is -1.75. The summed E-state index contributed by atoms with van der Waals surface area (Å²) in [5, 5.41) is 2.87. The molecule has 0 aliphatic rings. The highest BCUT2D eigenvalue weighted by molar-refractivity contribution is 5.66. The maximum Gasteiger partial charge on any atom is 0.183 e. The average molecular weight is 256 g/mol. The van der Waals surface area contributed by atoms with Gasteiger partial charge in [0.25, 0.3) is 0 Å². The second-order valence-electron chi connectivity index (χ2n) is 4.52. The summed E-state index contributed by atoms with van der Waals surface area (Å²) in [4.78, 5) is 0. The molecule has 1 rings (SSSR count). The Morgan fingerprint density at radius 3 is 2.44 bits per heavy atom. The molecule has 4 heteroatoms. The number of halogens is 2. The van der Waals surface area contributed by atoms with Crippen LogP contribution in [-0.2, 0) is 0 Å². The van der Waals surface area contributed by atoms with Crippen molar-refractivity contribution in [1.82, 2.24) is 0 Å². The fourth-order valence-corrected chi connectivity index (χ4v) is 1.86. The van der Waals surface area contributed by atoms with Gasteiger partial charge in [0.2, 0.25) is 0 Å². The summed E-state index contributed by atoms with van der Waals surface area (Å²) in [6, 6.07) is 2.42. The Bertz CT molecular complexity index is 367. The van der Waals surface area contributed by atoms with Crippen LogP contribution in [0.5, 0.6) is 0 Å². The molecule has 0 atom stereocenters. The number of rotatable bonds is 8. The third kappa shape index (κ3) is 4.51. The van der Waals surface area contributed by atoms with E-state index in [1.807, 2.05) is 0 Å². The second kappa shape index (κ2) is 7.90. The van der Waals surface area contributed by atoms with Crippen molar-refractivity contribution < 1.29 is 8.78 Å². The maximum atomic E-state index is 13.4. The summed E-state index contributed by atoms with van der Waals surface area (Å²) in [6.45, 7) is 2.80. The van der Waals surface area contributed by atoms with Crippen LogP contribution in [0.25, 0.3) is 0 Å². The number of nitrogens with one attached hydrogen (secondary N) is 1. The maximum absolute atomic E-state index is 13.4. The fraction of sp³-hybridized carbons (Fsp3) is 0.571. The van der Waals surface area contributed by atoms with Crippen molar-refractivity contribution in [3.05, 3.63) is 23.8 Å². The van der Waals surface area contributed by atoms with Gasteiger partial charge in [-0.2, -0.15) is 0 Å². The Kier molecular flexibility index (Phi) is 6.47. The summed E-state index contributed by atoms with van der Waals surface area (Å²) in [5.41, 5.74) is 5.94. The summed E-state index contributed by atoms with van der Waals surface area (Å²) in [6.07, 6.45) is 6.97. The van der Waals surface area contributed by atoms with E-state index in [2.05, 4.69) is 12.2 Å². The van der Waals surface area contributed by atoms with Gasteiger partial charge in [-0.1, -0.05) is 39.0 Å². The quantitative estimate of drug-likeness (QED) is 0.537. The fourth-order valence-electron chi connectivity index (χ4n) is 1.86. The van der Waals surface area contributed by atoms with Gasteiger partial charge in [-0.25, -0.2) is 8.78 Å². The van der Waals surface area contributed by atoms with E-state index in [-0.39, 0.29) is 11.4 Å². The van der Waals surface area contributed by atoms with Gasteiger partial charge in [-0.3, -0.25) is 0 Å². The molecule has 0 fully saturated rings. The molecule has 18 heavy (non-hydrogen) atoms. The van der Waals surface area contributed by atoms with Crippen molar-refractivity contribution >= 4 is 11.4 Å². The Labute approximate surface area is 108 Å². The molecule has 0 saturated heterocycles. The SMILES string of the molecule is CCCCCCCCNc1c(N)ccc(F)c1F. The van der Waals surface area contributed by atoms with Crippen molar-refractivity contribution in [2.75, 3.05) is 17.6 Å². The van der Waals surface area contributed by atoms with Crippen molar-refractivity contribution in [3.8, 4) is 0 Å². The minimum atomic E-state index is -0.888. The third-order valence-electron chi connectivity index (χ3n) is 2.96. The van der Waals surface area contributed by atoms with Crippen LogP contribution in [0, 0.1) is 11.6 Å². The monoisotopic (exact) mass is 256 g/mol. The van der Waals surface area contributed by atoms with E-state index in [1.54, 1.807) is 0 Å². The number of anilines is 2. The van der Waals surface area contributed by atoms with Crippen LogP contribution in [0.2, 0.25) is 0 Å². The van der Waals surface area contributed by atoms with Gasteiger partial charge in [-0.15, -0.1) is 0 Å². The van der Waals surface area contributed by atoms with Crippen molar-refractivity contribution in [3.63, 3.8) is 0 Å². The van der Waals surface area contributed by atoms with E-state index < -0.39 is 11.6 Å². The summed E-state index contributed by atoms with van der Waals surface area (Å²) >= 11 is 0. The van der Waals surface area contributed by atoms with Crippen LogP contribution in [-0.4, -0.2) is 6.54 Å². The van der Waals surface area contributed by atoms with Gasteiger partial charge in [0.15, 0.2) is 11.6 Å². The molecule has 3 N–H and O–H groups in total. The van der Waals surface area contributed by atoms with Crippen LogP contribution in [0.4, 0.5) is 20.2 Å². The van der Waals surface area contributed by atoms with Gasteiger partial charge in [-0.05, 0) is 18.6 Å². The molecular formula is C14H22F2N2. The van der Waals surface area contributed by atoms with Crippen molar-refractivity contribution in [2.45, 2.75) is 45.4 Å². The van der Waals surface area contributed by atoms with Crippen molar-refractivity contribution in [2.24, 2.45) is 0 Å². The van der Waals surface area contributed by atoms with E-state index in [9.17, 15) is 8.78 Å². The smallest absolute Gasteiger partial charge is 0.183 e. The Morgan fingerprint density at radius 2 is 1.72 bits per heavy atom. The van der Waals surface area contributed by atoms with Crippen LogP contribution in [0.1, 0.15) is 45.4 Å². The van der Waals surface area contributed by atoms with E-state index in [0.29, 0.717) is 6.54 Å². The highest BCUT2D eigenvalue weighted by atomic mass is 19.2. The number of hydrogen-bond acceptors (Lipinski definition) is 2. The Hall–Kier alpha value is -1.32. The van der Waals surface area contributed by atoms with Gasteiger partial charge in [0, 0.05) is 6.54 Å². The Morgan fingerprint density at radius 1 is 1.06 bits per heavy atom. The van der Waals surface area contributed by atoms with Crippen LogP contribution in [0.15, 0.2) is 12.1 Å². The first-order chi connectivity index (χ1) is 8.66. The zero-order valence-corrected chi connectivity index (χ0v) is 10.9. The van der Waals surface area contributed by atoms with Gasteiger partial charge in [0.05, 0.1) is 11.4 Å². The van der Waals surface area contributed by atoms with Crippen LogP contribution >= 0.6 is 0 Å². The van der Waals surface area contributed by atoms with E-state index >= 15 is 0 Å². The summed E-state index contributed by atoms with van der Waals surface area (Å²) in [7, 11) is 0. The lowest BCUT2D eigenvalue weighted by Gasteiger charge is -2.10. The lowest BCUT2D eigenvalue weighted by Crippen LogP contribution is -2.07. The number of benzene rings is 1. The van der Waals surface area contributed by atoms with Gasteiger partial charge < -0.3 is 11.1 Å².